The summed E-state index contributed by atoms with van der Waals surface area (Å²) >= 11 is 0. The van der Waals surface area contributed by atoms with Crippen LogP contribution in [0.3, 0.4) is 0 Å². The molecule has 0 amide bonds. The van der Waals surface area contributed by atoms with Crippen LogP contribution in [0.5, 0.6) is 0 Å². The van der Waals surface area contributed by atoms with Gasteiger partial charge >= 0.3 is 0 Å². The molecule has 0 radical (unpaired) electrons. The molecule has 3 heteroatoms. The summed E-state index contributed by atoms with van der Waals surface area (Å²) in [6.07, 6.45) is 4.94. The fraction of sp³-hybridized carbons (Fsp3) is 0.312. The Bertz CT molecular complexity index is 580. The molecule has 98 valence electrons. The number of pyridine rings is 1. The maximum Gasteiger partial charge on any atom is 0.0645 e. The zero-order valence-corrected chi connectivity index (χ0v) is 11.4. The molecule has 2 heterocycles. The largest absolute Gasteiger partial charge is 0.337 e. The van der Waals surface area contributed by atoms with E-state index >= 15 is 0 Å². The van der Waals surface area contributed by atoms with Gasteiger partial charge in [-0.25, -0.2) is 0 Å². The Labute approximate surface area is 114 Å². The second-order valence-corrected chi connectivity index (χ2v) is 5.09. The minimum Gasteiger partial charge on any atom is -0.337 e. The number of hydrogen-bond donors (Lipinski definition) is 1. The maximum absolute atomic E-state index is 4.31. The first kappa shape index (κ1) is 12.2. The van der Waals surface area contributed by atoms with E-state index in [0.717, 1.165) is 13.0 Å². The van der Waals surface area contributed by atoms with Crippen molar-refractivity contribution in [3.05, 3.63) is 53.9 Å². The molecule has 3 nitrogen and oxygen atoms in total. The Hall–Kier alpha value is -1.87. The zero-order valence-electron chi connectivity index (χ0n) is 11.4. The molecule has 1 aromatic heterocycles. The molecule has 1 aliphatic heterocycles. The highest BCUT2D eigenvalue weighted by atomic mass is 15.2. The molecule has 1 aliphatic rings. The maximum atomic E-state index is 4.31. The highest BCUT2D eigenvalue weighted by Crippen LogP contribution is 2.39. The molecule has 0 saturated heterocycles. The third-order valence-electron chi connectivity index (χ3n) is 3.72. The second-order valence-electron chi connectivity index (χ2n) is 5.09. The van der Waals surface area contributed by atoms with E-state index in [1.54, 1.807) is 0 Å². The quantitative estimate of drug-likeness (QED) is 0.911. The van der Waals surface area contributed by atoms with Gasteiger partial charge in [0.05, 0.1) is 11.9 Å². The number of anilines is 2. The van der Waals surface area contributed by atoms with Crippen molar-refractivity contribution in [1.82, 2.24) is 10.3 Å². The number of rotatable bonds is 3. The summed E-state index contributed by atoms with van der Waals surface area (Å²) in [5.41, 5.74) is 5.25. The van der Waals surface area contributed by atoms with Gasteiger partial charge in [0.1, 0.15) is 0 Å². The summed E-state index contributed by atoms with van der Waals surface area (Å²) in [6, 6.07) is 11.2. The molecule has 2 aromatic rings. The molecular weight excluding hydrogens is 234 g/mol. The van der Waals surface area contributed by atoms with Crippen LogP contribution in [0.2, 0.25) is 0 Å². The standard InChI is InChI=1S/C16H19N3/c1-12-9-13-5-3-4-6-15(13)19(12)16-11-18-8-7-14(16)10-17-2/h3-8,11-12,17H,9-10H2,1-2H3. The number of para-hydroxylation sites is 1. The van der Waals surface area contributed by atoms with Crippen molar-refractivity contribution in [2.45, 2.75) is 25.9 Å². The van der Waals surface area contributed by atoms with E-state index in [-0.39, 0.29) is 0 Å². The second kappa shape index (κ2) is 5.02. The Kier molecular flexibility index (Phi) is 3.22. The minimum absolute atomic E-state index is 0.484. The summed E-state index contributed by atoms with van der Waals surface area (Å²) in [6.45, 7) is 3.14. The van der Waals surface area contributed by atoms with Crippen LogP contribution in [0.25, 0.3) is 0 Å². The fourth-order valence-electron chi connectivity index (χ4n) is 2.90. The van der Waals surface area contributed by atoms with E-state index in [4.69, 9.17) is 0 Å². The highest BCUT2D eigenvalue weighted by Gasteiger charge is 2.28. The van der Waals surface area contributed by atoms with Crippen molar-refractivity contribution in [3.63, 3.8) is 0 Å². The zero-order chi connectivity index (χ0) is 13.2. The minimum atomic E-state index is 0.484. The van der Waals surface area contributed by atoms with Gasteiger partial charge in [0.2, 0.25) is 0 Å². The number of fused-ring (bicyclic) bond motifs is 1. The first-order chi connectivity index (χ1) is 9.31. The molecule has 0 spiro atoms. The third-order valence-corrected chi connectivity index (χ3v) is 3.72. The lowest BCUT2D eigenvalue weighted by atomic mass is 10.1. The van der Waals surface area contributed by atoms with E-state index in [0.29, 0.717) is 6.04 Å². The molecule has 0 fully saturated rings. The van der Waals surface area contributed by atoms with Gasteiger partial charge in [0, 0.05) is 24.5 Å². The Morgan fingerprint density at radius 2 is 2.11 bits per heavy atom. The van der Waals surface area contributed by atoms with Crippen molar-refractivity contribution >= 4 is 11.4 Å². The lowest BCUT2D eigenvalue weighted by molar-refractivity contribution is 0.744. The van der Waals surface area contributed by atoms with E-state index < -0.39 is 0 Å². The van der Waals surface area contributed by atoms with Crippen LogP contribution in [0, 0.1) is 0 Å². The predicted molar refractivity (Wildman–Crippen MR) is 78.7 cm³/mol. The van der Waals surface area contributed by atoms with Crippen LogP contribution in [-0.2, 0) is 13.0 Å². The van der Waals surface area contributed by atoms with Gasteiger partial charge in [-0.1, -0.05) is 18.2 Å². The average molecular weight is 253 g/mol. The average Bonchev–Trinajstić information content (AvgIpc) is 2.76. The summed E-state index contributed by atoms with van der Waals surface area (Å²) in [7, 11) is 1.98. The van der Waals surface area contributed by atoms with Gasteiger partial charge in [0.15, 0.2) is 0 Å². The molecule has 0 saturated carbocycles. The van der Waals surface area contributed by atoms with Gasteiger partial charge in [0.25, 0.3) is 0 Å². The van der Waals surface area contributed by atoms with Gasteiger partial charge in [-0.05, 0) is 43.7 Å². The summed E-state index contributed by atoms with van der Waals surface area (Å²) < 4.78 is 0. The van der Waals surface area contributed by atoms with Crippen LogP contribution >= 0.6 is 0 Å². The normalized spacial score (nSPS) is 17.6. The number of hydrogen-bond acceptors (Lipinski definition) is 3. The summed E-state index contributed by atoms with van der Waals surface area (Å²) in [5.74, 6) is 0. The van der Waals surface area contributed by atoms with Gasteiger partial charge < -0.3 is 10.2 Å². The SMILES string of the molecule is CNCc1ccncc1N1c2ccccc2CC1C. The Balaban J connectivity index is 2.07. The third kappa shape index (κ3) is 2.10. The number of aromatic nitrogens is 1. The van der Waals surface area contributed by atoms with Crippen LogP contribution in [0.15, 0.2) is 42.7 Å². The van der Waals surface area contributed by atoms with E-state index in [1.165, 1.54) is 22.5 Å². The smallest absolute Gasteiger partial charge is 0.0645 e. The highest BCUT2D eigenvalue weighted by molar-refractivity contribution is 5.72. The fourth-order valence-corrected chi connectivity index (χ4v) is 2.90. The molecule has 1 aromatic carbocycles. The Morgan fingerprint density at radius 3 is 2.95 bits per heavy atom. The van der Waals surface area contributed by atoms with Crippen LogP contribution in [-0.4, -0.2) is 18.1 Å². The molecule has 0 bridgehead atoms. The lowest BCUT2D eigenvalue weighted by Crippen LogP contribution is -2.25. The molecule has 3 rings (SSSR count). The summed E-state index contributed by atoms with van der Waals surface area (Å²) in [4.78, 5) is 6.72. The van der Waals surface area contributed by atoms with Crippen LogP contribution in [0.4, 0.5) is 11.4 Å². The van der Waals surface area contributed by atoms with E-state index in [1.807, 2.05) is 19.4 Å². The first-order valence-electron chi connectivity index (χ1n) is 6.76. The Morgan fingerprint density at radius 1 is 1.26 bits per heavy atom. The molecule has 1 unspecified atom stereocenters. The molecule has 0 aliphatic carbocycles. The van der Waals surface area contributed by atoms with Crippen molar-refractivity contribution in [3.8, 4) is 0 Å². The van der Waals surface area contributed by atoms with E-state index in [2.05, 4.69) is 52.5 Å². The number of nitrogens with one attached hydrogen (secondary N) is 1. The monoisotopic (exact) mass is 253 g/mol. The number of benzene rings is 1. The number of nitrogens with zero attached hydrogens (tertiary/aromatic N) is 2. The molecule has 1 N–H and O–H groups in total. The summed E-state index contributed by atoms with van der Waals surface area (Å²) in [5, 5.41) is 3.23. The molecular formula is C16H19N3. The predicted octanol–water partition coefficient (Wildman–Crippen LogP) is 2.88. The van der Waals surface area contributed by atoms with Crippen molar-refractivity contribution in [2.75, 3.05) is 11.9 Å². The lowest BCUT2D eigenvalue weighted by Gasteiger charge is -2.27. The van der Waals surface area contributed by atoms with Crippen molar-refractivity contribution in [1.29, 1.82) is 0 Å². The first-order valence-corrected chi connectivity index (χ1v) is 6.76. The van der Waals surface area contributed by atoms with Gasteiger partial charge in [-0.3, -0.25) is 4.98 Å². The van der Waals surface area contributed by atoms with Gasteiger partial charge in [-0.15, -0.1) is 0 Å². The van der Waals surface area contributed by atoms with Gasteiger partial charge in [-0.2, -0.15) is 0 Å². The van der Waals surface area contributed by atoms with Crippen molar-refractivity contribution < 1.29 is 0 Å². The van der Waals surface area contributed by atoms with Crippen molar-refractivity contribution in [2.24, 2.45) is 0 Å². The van der Waals surface area contributed by atoms with E-state index in [9.17, 15) is 0 Å². The topological polar surface area (TPSA) is 28.2 Å². The molecule has 19 heavy (non-hydrogen) atoms. The van der Waals surface area contributed by atoms with Crippen LogP contribution < -0.4 is 10.2 Å². The van der Waals surface area contributed by atoms with Crippen LogP contribution in [0.1, 0.15) is 18.1 Å². The molecule has 1 atom stereocenters.